The van der Waals surface area contributed by atoms with E-state index in [0.717, 1.165) is 47.5 Å². The van der Waals surface area contributed by atoms with Crippen LogP contribution in [0.15, 0.2) is 35.7 Å². The van der Waals surface area contributed by atoms with Crippen molar-refractivity contribution >= 4 is 23.6 Å². The van der Waals surface area contributed by atoms with Crippen LogP contribution in [0.1, 0.15) is 29.3 Å². The van der Waals surface area contributed by atoms with Crippen LogP contribution in [0.2, 0.25) is 0 Å². The number of ether oxygens (including phenoxy) is 1. The van der Waals surface area contributed by atoms with Crippen molar-refractivity contribution in [3.63, 3.8) is 0 Å². The van der Waals surface area contributed by atoms with Crippen LogP contribution in [0.4, 0.5) is 0 Å². The Morgan fingerprint density at radius 3 is 2.71 bits per heavy atom. The molecule has 2 aliphatic rings. The summed E-state index contributed by atoms with van der Waals surface area (Å²) in [6.45, 7) is 1.82. The van der Waals surface area contributed by atoms with Crippen molar-refractivity contribution in [2.45, 2.75) is 32.0 Å². The van der Waals surface area contributed by atoms with E-state index in [9.17, 15) is 0 Å². The van der Waals surface area contributed by atoms with Crippen LogP contribution in [0.25, 0.3) is 11.4 Å². The maximum Gasteiger partial charge on any atom is 0.199 e. The van der Waals surface area contributed by atoms with Crippen molar-refractivity contribution in [1.29, 1.82) is 0 Å². The highest BCUT2D eigenvalue weighted by Crippen LogP contribution is 2.48. The quantitative estimate of drug-likeness (QED) is 0.571. The molecule has 146 valence electrons. The molecule has 0 bridgehead atoms. The molecule has 0 spiro atoms. The van der Waals surface area contributed by atoms with Gasteiger partial charge in [-0.3, -0.25) is 4.90 Å². The lowest BCUT2D eigenvalue weighted by molar-refractivity contribution is 0.117. The Morgan fingerprint density at radius 1 is 1.21 bits per heavy atom. The van der Waals surface area contributed by atoms with Crippen molar-refractivity contribution in [1.82, 2.24) is 19.2 Å². The first-order chi connectivity index (χ1) is 13.7. The number of fused-ring (bicyclic) bond motifs is 1. The Kier molecular flexibility index (Phi) is 4.61. The summed E-state index contributed by atoms with van der Waals surface area (Å²) < 4.78 is 10.0. The zero-order valence-electron chi connectivity index (χ0n) is 16.2. The van der Waals surface area contributed by atoms with Gasteiger partial charge in [-0.25, -0.2) is 4.68 Å². The molecule has 0 unspecified atom stereocenters. The van der Waals surface area contributed by atoms with Crippen LogP contribution in [0, 0.1) is 10.7 Å². The first-order valence-corrected chi connectivity index (χ1v) is 11.0. The lowest BCUT2D eigenvalue weighted by Gasteiger charge is -2.35. The van der Waals surface area contributed by atoms with Gasteiger partial charge >= 0.3 is 0 Å². The van der Waals surface area contributed by atoms with Crippen LogP contribution in [-0.4, -0.2) is 32.9 Å². The number of hydrogen-bond donors (Lipinski definition) is 0. The molecule has 5 rings (SSSR count). The van der Waals surface area contributed by atoms with Crippen molar-refractivity contribution in [2.24, 2.45) is 13.0 Å². The van der Waals surface area contributed by atoms with Gasteiger partial charge in [-0.2, -0.15) is 5.10 Å². The lowest BCUT2D eigenvalue weighted by Crippen LogP contribution is -2.37. The normalized spacial score (nSPS) is 19.6. The Balaban J connectivity index is 1.45. The SMILES string of the molecule is COc1ccc(-c2nn(CN3CCc4sccc4[C@@H]3C3CC3)c(=S)n2C)cc1. The van der Waals surface area contributed by atoms with Crippen molar-refractivity contribution < 1.29 is 4.74 Å². The number of rotatable bonds is 5. The molecule has 2 aromatic heterocycles. The van der Waals surface area contributed by atoms with Crippen molar-refractivity contribution in [2.75, 3.05) is 13.7 Å². The molecule has 1 aliphatic heterocycles. The summed E-state index contributed by atoms with van der Waals surface area (Å²) in [5.74, 6) is 2.52. The summed E-state index contributed by atoms with van der Waals surface area (Å²) in [6.07, 6.45) is 3.80. The average molecular weight is 413 g/mol. The summed E-state index contributed by atoms with van der Waals surface area (Å²) in [5.41, 5.74) is 2.59. The third-order valence-electron chi connectivity index (χ3n) is 5.89. The van der Waals surface area contributed by atoms with Gasteiger partial charge in [0.15, 0.2) is 10.6 Å². The van der Waals surface area contributed by atoms with Gasteiger partial charge in [0.1, 0.15) is 5.75 Å². The summed E-state index contributed by atoms with van der Waals surface area (Å²) >= 11 is 7.63. The molecule has 28 heavy (non-hydrogen) atoms. The minimum Gasteiger partial charge on any atom is -0.497 e. The maximum atomic E-state index is 5.73. The monoisotopic (exact) mass is 412 g/mol. The highest BCUT2D eigenvalue weighted by atomic mass is 32.1. The Labute approximate surface area is 174 Å². The predicted octanol–water partition coefficient (Wildman–Crippen LogP) is 4.66. The second kappa shape index (κ2) is 7.13. The molecule has 1 fully saturated rings. The fraction of sp³-hybridized carbons (Fsp3) is 0.429. The molecule has 1 aliphatic carbocycles. The number of nitrogens with zero attached hydrogens (tertiary/aromatic N) is 4. The van der Waals surface area contributed by atoms with Gasteiger partial charge in [-0.05, 0) is 78.7 Å². The number of aromatic nitrogens is 3. The zero-order chi connectivity index (χ0) is 19.3. The van der Waals surface area contributed by atoms with Crippen LogP contribution < -0.4 is 4.74 Å². The largest absolute Gasteiger partial charge is 0.497 e. The predicted molar refractivity (Wildman–Crippen MR) is 114 cm³/mol. The molecule has 1 atom stereocenters. The molecular formula is C21H24N4OS2. The number of methoxy groups -OCH3 is 1. The van der Waals surface area contributed by atoms with Crippen LogP contribution in [0.3, 0.4) is 0 Å². The second-order valence-electron chi connectivity index (χ2n) is 7.68. The molecule has 1 saturated carbocycles. The smallest absolute Gasteiger partial charge is 0.199 e. The lowest BCUT2D eigenvalue weighted by atomic mass is 9.96. The summed E-state index contributed by atoms with van der Waals surface area (Å²) in [7, 11) is 3.68. The van der Waals surface area contributed by atoms with E-state index >= 15 is 0 Å². The first-order valence-electron chi connectivity index (χ1n) is 9.74. The fourth-order valence-corrected chi connectivity index (χ4v) is 5.36. The van der Waals surface area contributed by atoms with Gasteiger partial charge in [-0.15, -0.1) is 11.3 Å². The van der Waals surface area contributed by atoms with E-state index in [1.807, 2.05) is 51.9 Å². The number of benzene rings is 1. The van der Waals surface area contributed by atoms with E-state index in [1.54, 1.807) is 12.0 Å². The second-order valence-corrected chi connectivity index (χ2v) is 9.04. The van der Waals surface area contributed by atoms with Gasteiger partial charge in [-0.1, -0.05) is 0 Å². The van der Waals surface area contributed by atoms with Crippen molar-refractivity contribution in [3.05, 3.63) is 50.9 Å². The van der Waals surface area contributed by atoms with Gasteiger partial charge in [0.2, 0.25) is 0 Å². The third-order valence-corrected chi connectivity index (χ3v) is 7.37. The molecule has 3 heterocycles. The molecule has 5 nitrogen and oxygen atoms in total. The molecule has 0 amide bonds. The van der Waals surface area contributed by atoms with E-state index in [1.165, 1.54) is 18.4 Å². The minimum atomic E-state index is 0.517. The van der Waals surface area contributed by atoms with E-state index in [4.69, 9.17) is 22.1 Å². The van der Waals surface area contributed by atoms with Gasteiger partial charge in [0, 0.05) is 30.1 Å². The zero-order valence-corrected chi connectivity index (χ0v) is 17.8. The molecule has 0 saturated heterocycles. The summed E-state index contributed by atoms with van der Waals surface area (Å²) in [6, 6.07) is 10.8. The van der Waals surface area contributed by atoms with E-state index < -0.39 is 0 Å². The highest BCUT2D eigenvalue weighted by molar-refractivity contribution is 7.71. The van der Waals surface area contributed by atoms with Crippen LogP contribution in [0.5, 0.6) is 5.75 Å². The summed E-state index contributed by atoms with van der Waals surface area (Å²) in [4.78, 5) is 4.14. The van der Waals surface area contributed by atoms with Crippen molar-refractivity contribution in [3.8, 4) is 17.1 Å². The third kappa shape index (κ3) is 3.11. The van der Waals surface area contributed by atoms with E-state index in [-0.39, 0.29) is 0 Å². The Bertz CT molecular complexity index is 1050. The van der Waals surface area contributed by atoms with Gasteiger partial charge < -0.3 is 9.30 Å². The fourth-order valence-electron chi connectivity index (χ4n) is 4.26. The van der Waals surface area contributed by atoms with Crippen LogP contribution in [-0.2, 0) is 20.1 Å². The average Bonchev–Trinajstić information content (AvgIpc) is 3.38. The standard InChI is InChI=1S/C21H24N4OS2/c1-23-20(15-5-7-16(26-2)8-6-15)22-25(21(23)27)13-24-11-9-18-17(10-12-28-18)19(24)14-3-4-14/h5-8,10,12,14,19H,3-4,9,11,13H2,1-2H3/t19-/m0/s1. The molecular weight excluding hydrogens is 388 g/mol. The first kappa shape index (κ1) is 18.1. The number of thiophene rings is 1. The van der Waals surface area contributed by atoms with E-state index in [0.29, 0.717) is 6.04 Å². The Hall–Kier alpha value is -1.96. The van der Waals surface area contributed by atoms with Gasteiger partial charge in [0.25, 0.3) is 0 Å². The summed E-state index contributed by atoms with van der Waals surface area (Å²) in [5, 5.41) is 7.13. The topological polar surface area (TPSA) is 35.2 Å². The molecule has 1 aromatic carbocycles. The maximum absolute atomic E-state index is 5.73. The Morgan fingerprint density at radius 2 is 2.00 bits per heavy atom. The highest BCUT2D eigenvalue weighted by Gasteiger charge is 2.40. The molecule has 0 radical (unpaired) electrons. The molecule has 7 heteroatoms. The minimum absolute atomic E-state index is 0.517. The van der Waals surface area contributed by atoms with Crippen LogP contribution >= 0.6 is 23.6 Å². The molecule has 3 aromatic rings. The molecule has 0 N–H and O–H groups in total. The van der Waals surface area contributed by atoms with Gasteiger partial charge in [0.05, 0.1) is 13.8 Å². The number of hydrogen-bond acceptors (Lipinski definition) is 5. The van der Waals surface area contributed by atoms with E-state index in [2.05, 4.69) is 16.3 Å².